The van der Waals surface area contributed by atoms with E-state index < -0.39 is 41.5 Å². The van der Waals surface area contributed by atoms with Gasteiger partial charge in [-0.1, -0.05) is 11.6 Å². The Bertz CT molecular complexity index is 992. The first-order chi connectivity index (χ1) is 13.8. The number of hydrogen-bond donors (Lipinski definition) is 2. The minimum absolute atomic E-state index is 0.0231. The Kier molecular flexibility index (Phi) is 8.09. The number of H-pyrrole nitrogens is 1. The Hall–Kier alpha value is -2.53. The van der Waals surface area contributed by atoms with E-state index in [9.17, 15) is 21.8 Å². The number of hydrogen-bond acceptors (Lipinski definition) is 3. The summed E-state index contributed by atoms with van der Waals surface area (Å²) in [5, 5.41) is 2.49. The van der Waals surface area contributed by atoms with Gasteiger partial charge in [-0.25, -0.2) is 21.8 Å². The number of aromatic amines is 1. The fraction of sp³-hybridized carbons (Fsp3) is 0.235. The number of allylic oxidation sites excluding steroid dienone is 1. The number of nitrogens with zero attached hydrogens (tertiary/aromatic N) is 1. The molecule has 6 nitrogen and oxygen atoms in total. The summed E-state index contributed by atoms with van der Waals surface area (Å²) in [5.41, 5.74) is 0.0231. The first-order valence-electron chi connectivity index (χ1n) is 7.97. The standard InChI is InChI=1S/C17H16ClF4N3O3S/c1-3-11(19)17(24-14(27-2)8-28-7-13(20)21)25-29(26)12-6-23-16-9(12)4-5-10(18)15(16)22/h3-6,8,13,23H,7H2,1-2H3,(H,24,25)/b11-3+,14-8-. The van der Waals surface area contributed by atoms with Gasteiger partial charge >= 0.3 is 0 Å². The quantitative estimate of drug-likeness (QED) is 0.266. The predicted molar refractivity (Wildman–Crippen MR) is 102 cm³/mol. The molecule has 0 aliphatic rings. The van der Waals surface area contributed by atoms with Crippen LogP contribution < -0.4 is 5.32 Å². The van der Waals surface area contributed by atoms with Crippen LogP contribution in [0.2, 0.25) is 5.02 Å². The summed E-state index contributed by atoms with van der Waals surface area (Å²) in [6.07, 6.45) is 0.378. The summed E-state index contributed by atoms with van der Waals surface area (Å²) >= 11 is 5.71. The smallest absolute Gasteiger partial charge is 0.272 e. The SMILES string of the molecule is C/C=C(F)\C(=N\S(=O)c1c[nH]c2c(F)c(Cl)ccc12)N/C(=C/OCC(F)F)OC. The normalized spacial score (nSPS) is 14.4. The molecule has 0 bridgehead atoms. The molecule has 158 valence electrons. The van der Waals surface area contributed by atoms with E-state index in [2.05, 4.69) is 19.4 Å². The molecule has 2 aromatic rings. The molecular weight excluding hydrogens is 438 g/mol. The van der Waals surface area contributed by atoms with Gasteiger partial charge in [0.2, 0.25) is 5.88 Å². The molecule has 0 saturated carbocycles. The first kappa shape index (κ1) is 22.8. The topological polar surface area (TPSA) is 75.7 Å². The van der Waals surface area contributed by atoms with Crippen molar-refractivity contribution in [1.29, 1.82) is 0 Å². The number of amidine groups is 1. The third-order valence-electron chi connectivity index (χ3n) is 3.42. The molecule has 2 N–H and O–H groups in total. The zero-order valence-corrected chi connectivity index (χ0v) is 16.7. The maximum Gasteiger partial charge on any atom is 0.272 e. The molecular formula is C17H16ClF4N3O3S. The fourth-order valence-corrected chi connectivity index (χ4v) is 3.17. The maximum atomic E-state index is 14.2. The van der Waals surface area contributed by atoms with Gasteiger partial charge in [0, 0.05) is 11.6 Å². The van der Waals surface area contributed by atoms with Crippen molar-refractivity contribution in [3.05, 3.63) is 53.2 Å². The molecule has 29 heavy (non-hydrogen) atoms. The maximum absolute atomic E-state index is 14.2. The third-order valence-corrected chi connectivity index (χ3v) is 4.78. The van der Waals surface area contributed by atoms with Gasteiger partial charge in [-0.3, -0.25) is 0 Å². The lowest BCUT2D eigenvalue weighted by atomic mass is 10.2. The average Bonchev–Trinajstić information content (AvgIpc) is 3.13. The minimum atomic E-state index is -2.71. The highest BCUT2D eigenvalue weighted by Gasteiger charge is 2.17. The Morgan fingerprint density at radius 3 is 2.79 bits per heavy atom. The third kappa shape index (κ3) is 5.73. The number of methoxy groups -OCH3 is 1. The molecule has 12 heteroatoms. The highest BCUT2D eigenvalue weighted by Crippen LogP contribution is 2.28. The molecule has 1 aromatic heterocycles. The summed E-state index contributed by atoms with van der Waals surface area (Å²) in [6.45, 7) is 0.463. The molecule has 1 unspecified atom stereocenters. The summed E-state index contributed by atoms with van der Waals surface area (Å²) in [4.78, 5) is 2.69. The van der Waals surface area contributed by atoms with Crippen LogP contribution in [0.25, 0.3) is 10.9 Å². The van der Waals surface area contributed by atoms with Crippen LogP contribution >= 0.6 is 11.6 Å². The van der Waals surface area contributed by atoms with Gasteiger partial charge in [-0.05, 0) is 25.1 Å². The summed E-state index contributed by atoms with van der Waals surface area (Å²) < 4.78 is 78.4. The lowest BCUT2D eigenvalue weighted by molar-refractivity contribution is 0.0556. The van der Waals surface area contributed by atoms with E-state index in [4.69, 9.17) is 16.3 Å². The van der Waals surface area contributed by atoms with Crippen molar-refractivity contribution in [3.63, 3.8) is 0 Å². The van der Waals surface area contributed by atoms with Crippen LogP contribution in [0.5, 0.6) is 0 Å². The Balaban J connectivity index is 2.35. The zero-order valence-electron chi connectivity index (χ0n) is 15.1. The van der Waals surface area contributed by atoms with Gasteiger partial charge < -0.3 is 19.8 Å². The van der Waals surface area contributed by atoms with Gasteiger partial charge in [0.15, 0.2) is 28.5 Å². The molecule has 0 saturated heterocycles. The van der Waals surface area contributed by atoms with Crippen molar-refractivity contribution in [3.8, 4) is 0 Å². The van der Waals surface area contributed by atoms with E-state index in [-0.39, 0.29) is 26.7 Å². The van der Waals surface area contributed by atoms with E-state index in [0.29, 0.717) is 0 Å². The minimum Gasteiger partial charge on any atom is -0.490 e. The van der Waals surface area contributed by atoms with E-state index >= 15 is 0 Å². The molecule has 0 amide bonds. The largest absolute Gasteiger partial charge is 0.490 e. The molecule has 1 heterocycles. The van der Waals surface area contributed by atoms with Crippen molar-refractivity contribution in [2.45, 2.75) is 18.2 Å². The van der Waals surface area contributed by atoms with Crippen molar-refractivity contribution < 1.29 is 31.2 Å². The highest BCUT2D eigenvalue weighted by molar-refractivity contribution is 7.84. The molecule has 2 rings (SSSR count). The second-order valence-electron chi connectivity index (χ2n) is 5.30. The Morgan fingerprint density at radius 1 is 1.45 bits per heavy atom. The van der Waals surface area contributed by atoms with Gasteiger partial charge in [-0.2, -0.15) is 4.40 Å². The van der Waals surface area contributed by atoms with Gasteiger partial charge in [0.1, 0.15) is 12.9 Å². The summed E-state index contributed by atoms with van der Waals surface area (Å²) in [5.74, 6) is -2.39. The number of nitrogens with one attached hydrogen (secondary N) is 2. The van der Waals surface area contributed by atoms with Crippen molar-refractivity contribution in [2.24, 2.45) is 4.40 Å². The van der Waals surface area contributed by atoms with Crippen molar-refractivity contribution in [1.82, 2.24) is 10.3 Å². The zero-order chi connectivity index (χ0) is 21.6. The molecule has 0 aliphatic heterocycles. The molecule has 0 fully saturated rings. The number of aromatic nitrogens is 1. The average molecular weight is 454 g/mol. The highest BCUT2D eigenvalue weighted by atomic mass is 35.5. The van der Waals surface area contributed by atoms with Gasteiger partial charge in [-0.15, -0.1) is 0 Å². The van der Waals surface area contributed by atoms with Gasteiger partial charge in [0.25, 0.3) is 6.43 Å². The predicted octanol–water partition coefficient (Wildman–Crippen LogP) is 4.57. The van der Waals surface area contributed by atoms with Crippen LogP contribution in [-0.4, -0.2) is 35.2 Å². The van der Waals surface area contributed by atoms with Crippen LogP contribution in [0.3, 0.4) is 0 Å². The Morgan fingerprint density at radius 2 is 2.17 bits per heavy atom. The number of benzene rings is 1. The van der Waals surface area contributed by atoms with E-state index in [1.54, 1.807) is 0 Å². The van der Waals surface area contributed by atoms with E-state index in [1.807, 2.05) is 0 Å². The second-order valence-corrected chi connectivity index (χ2v) is 6.83. The van der Waals surface area contributed by atoms with Crippen LogP contribution in [0.1, 0.15) is 6.92 Å². The number of alkyl halides is 2. The molecule has 0 radical (unpaired) electrons. The fourth-order valence-electron chi connectivity index (χ4n) is 2.09. The lowest BCUT2D eigenvalue weighted by Gasteiger charge is -2.11. The summed E-state index contributed by atoms with van der Waals surface area (Å²) in [7, 11) is -0.986. The van der Waals surface area contributed by atoms with Crippen LogP contribution in [0.4, 0.5) is 17.6 Å². The van der Waals surface area contributed by atoms with Crippen LogP contribution in [0, 0.1) is 5.82 Å². The van der Waals surface area contributed by atoms with E-state index in [1.165, 1.54) is 32.4 Å². The number of fused-ring (bicyclic) bond motifs is 1. The van der Waals surface area contributed by atoms with Gasteiger partial charge in [0.05, 0.1) is 22.5 Å². The lowest BCUT2D eigenvalue weighted by Crippen LogP contribution is -2.25. The molecule has 0 aliphatic carbocycles. The summed E-state index contributed by atoms with van der Waals surface area (Å²) in [6, 6.07) is 2.73. The van der Waals surface area contributed by atoms with Crippen molar-refractivity contribution >= 4 is 39.3 Å². The first-order valence-corrected chi connectivity index (χ1v) is 9.45. The molecule has 1 aromatic carbocycles. The number of rotatable bonds is 8. The van der Waals surface area contributed by atoms with E-state index in [0.717, 1.165) is 12.3 Å². The monoisotopic (exact) mass is 453 g/mol. The van der Waals surface area contributed by atoms with Crippen LogP contribution in [-0.2, 0) is 20.5 Å². The number of halogens is 5. The number of ether oxygens (including phenoxy) is 2. The second kappa shape index (κ2) is 10.3. The molecule has 1 atom stereocenters. The van der Waals surface area contributed by atoms with Crippen LogP contribution in [0.15, 0.2) is 51.7 Å². The van der Waals surface area contributed by atoms with Crippen molar-refractivity contribution in [2.75, 3.05) is 13.7 Å². The Labute approximate surface area is 170 Å². The molecule has 0 spiro atoms.